The fourth-order valence-electron chi connectivity index (χ4n) is 5.53. The van der Waals surface area contributed by atoms with E-state index in [0.29, 0.717) is 31.5 Å². The van der Waals surface area contributed by atoms with Crippen LogP contribution >= 0.6 is 23.2 Å². The van der Waals surface area contributed by atoms with E-state index < -0.39 is 27.9 Å². The molecule has 34 heavy (non-hydrogen) atoms. The van der Waals surface area contributed by atoms with Crippen molar-refractivity contribution in [3.63, 3.8) is 0 Å². The van der Waals surface area contributed by atoms with Crippen LogP contribution in [0, 0.1) is 11.3 Å². The molecule has 2 unspecified atom stereocenters. The summed E-state index contributed by atoms with van der Waals surface area (Å²) in [6.45, 7) is 6.37. The maximum absolute atomic E-state index is 13.4. The number of amides is 3. The van der Waals surface area contributed by atoms with Crippen LogP contribution in [0.4, 0.5) is 5.69 Å². The molecule has 4 atom stereocenters. The Balaban J connectivity index is 1.47. The number of alkyl halides is 2. The predicted molar refractivity (Wildman–Crippen MR) is 130 cm³/mol. The lowest BCUT2D eigenvalue weighted by Gasteiger charge is -2.31. The van der Waals surface area contributed by atoms with Crippen LogP contribution in [0.1, 0.15) is 45.6 Å². The summed E-state index contributed by atoms with van der Waals surface area (Å²) < 4.78 is -0.884. The first-order valence-corrected chi connectivity index (χ1v) is 12.4. The number of primary amides is 1. The minimum Gasteiger partial charge on any atom is -0.369 e. The van der Waals surface area contributed by atoms with E-state index in [0.717, 1.165) is 5.56 Å². The van der Waals surface area contributed by atoms with E-state index in [-0.39, 0.29) is 36.2 Å². The van der Waals surface area contributed by atoms with Gasteiger partial charge in [0.1, 0.15) is 10.4 Å². The molecule has 1 aromatic heterocycles. The van der Waals surface area contributed by atoms with Crippen LogP contribution in [0.25, 0.3) is 0 Å². The van der Waals surface area contributed by atoms with Crippen molar-refractivity contribution in [2.24, 2.45) is 22.8 Å². The number of nitrogens with two attached hydrogens (primary N) is 2. The lowest BCUT2D eigenvalue weighted by atomic mass is 9.79. The minimum atomic E-state index is -0.894. The third-order valence-electron chi connectivity index (χ3n) is 8.10. The van der Waals surface area contributed by atoms with Crippen molar-refractivity contribution in [2.75, 3.05) is 24.5 Å². The smallest absolute Gasteiger partial charge is 0.244 e. The van der Waals surface area contributed by atoms with Gasteiger partial charge in [0.25, 0.3) is 0 Å². The highest BCUT2D eigenvalue weighted by Gasteiger charge is 2.69. The molecule has 1 saturated carbocycles. The van der Waals surface area contributed by atoms with Gasteiger partial charge in [-0.2, -0.15) is 0 Å². The number of hydrogen-bond acceptors (Lipinski definition) is 6. The third kappa shape index (κ3) is 3.72. The number of anilines is 1. The predicted octanol–water partition coefficient (Wildman–Crippen LogP) is 1.26. The highest BCUT2D eigenvalue weighted by atomic mass is 35.5. The van der Waals surface area contributed by atoms with Crippen LogP contribution in [-0.2, 0) is 19.8 Å². The Hall–Kier alpha value is -2.10. The quantitative estimate of drug-likeness (QED) is 0.472. The normalized spacial score (nSPS) is 30.7. The summed E-state index contributed by atoms with van der Waals surface area (Å²) in [5.41, 5.74) is 12.3. The van der Waals surface area contributed by atoms with Gasteiger partial charge in [-0.1, -0.05) is 20.8 Å². The van der Waals surface area contributed by atoms with Crippen LogP contribution in [0.2, 0.25) is 0 Å². The molecule has 0 aromatic carbocycles. The Morgan fingerprint density at radius 3 is 2.53 bits per heavy atom. The number of carbonyl (C=O) groups is 3. The zero-order chi connectivity index (χ0) is 25.1. The highest BCUT2D eigenvalue weighted by molar-refractivity contribution is 6.51. The molecule has 1 saturated heterocycles. The Kier molecular flexibility index (Phi) is 6.28. The number of carbonyl (C=O) groups excluding carboxylic acids is 3. The molecule has 0 radical (unpaired) electrons. The van der Waals surface area contributed by atoms with E-state index >= 15 is 0 Å². The fraction of sp³-hybridized carbons (Fsp3) is 0.652. The molecule has 3 amide bonds. The van der Waals surface area contributed by atoms with E-state index in [1.165, 1.54) is 4.90 Å². The van der Waals surface area contributed by atoms with Crippen molar-refractivity contribution in [1.29, 1.82) is 0 Å². The molecule has 0 spiro atoms. The van der Waals surface area contributed by atoms with E-state index in [1.807, 2.05) is 20.8 Å². The molecule has 0 bridgehead atoms. The number of nitrogens with one attached hydrogen (secondary N) is 1. The molecule has 1 aromatic rings. The number of aromatic nitrogens is 1. The second kappa shape index (κ2) is 8.53. The van der Waals surface area contributed by atoms with Crippen LogP contribution in [-0.4, -0.2) is 63.8 Å². The molecule has 3 aliphatic rings. The number of pyridine rings is 1. The molecule has 11 heteroatoms. The molecule has 5 N–H and O–H groups in total. The second-order valence-electron chi connectivity index (χ2n) is 10.2. The van der Waals surface area contributed by atoms with Gasteiger partial charge in [0.05, 0.1) is 30.0 Å². The number of halogens is 2. The maximum Gasteiger partial charge on any atom is 0.244 e. The SMILES string of the molecule is CCC1(C(N)=O)CN(CC(=O)N2C(C(=O)NC[C@H]3C(C)(C)C3(Cl)Cl)CC[C@H]2N)c2cnccc21. The van der Waals surface area contributed by atoms with Crippen molar-refractivity contribution in [3.05, 3.63) is 24.0 Å². The molecule has 2 aliphatic heterocycles. The lowest BCUT2D eigenvalue weighted by Crippen LogP contribution is -2.54. The number of likely N-dealkylation sites (tertiary alicyclic amines) is 1. The Bertz CT molecular complexity index is 1000. The summed E-state index contributed by atoms with van der Waals surface area (Å²) in [4.78, 5) is 46.2. The second-order valence-corrected chi connectivity index (χ2v) is 11.5. The van der Waals surface area contributed by atoms with Crippen LogP contribution in [0.5, 0.6) is 0 Å². The summed E-state index contributed by atoms with van der Waals surface area (Å²) in [5.74, 6) is -1.06. The molecule has 1 aliphatic carbocycles. The van der Waals surface area contributed by atoms with Crippen molar-refractivity contribution in [1.82, 2.24) is 15.2 Å². The lowest BCUT2D eigenvalue weighted by molar-refractivity contribution is -0.139. The molecule has 4 rings (SSSR count). The summed E-state index contributed by atoms with van der Waals surface area (Å²) in [5, 5.41) is 2.91. The Morgan fingerprint density at radius 1 is 1.26 bits per heavy atom. The van der Waals surface area contributed by atoms with Gasteiger partial charge < -0.3 is 26.6 Å². The molecule has 9 nitrogen and oxygen atoms in total. The molecule has 2 fully saturated rings. The van der Waals surface area contributed by atoms with E-state index in [2.05, 4.69) is 10.3 Å². The van der Waals surface area contributed by atoms with Gasteiger partial charge >= 0.3 is 0 Å². The van der Waals surface area contributed by atoms with Crippen LogP contribution < -0.4 is 21.7 Å². The van der Waals surface area contributed by atoms with Gasteiger partial charge in [0, 0.05) is 30.6 Å². The van der Waals surface area contributed by atoms with Gasteiger partial charge in [0.2, 0.25) is 17.7 Å². The average molecular weight is 511 g/mol. The summed E-state index contributed by atoms with van der Waals surface area (Å²) >= 11 is 12.6. The largest absolute Gasteiger partial charge is 0.369 e. The Morgan fingerprint density at radius 2 is 1.94 bits per heavy atom. The van der Waals surface area contributed by atoms with Crippen molar-refractivity contribution in [3.8, 4) is 0 Å². The van der Waals surface area contributed by atoms with E-state index in [9.17, 15) is 14.4 Å². The minimum absolute atomic E-state index is 0.0344. The number of fused-ring (bicyclic) bond motifs is 1. The summed E-state index contributed by atoms with van der Waals surface area (Å²) in [6, 6.07) is 1.10. The van der Waals surface area contributed by atoms with Crippen LogP contribution in [0.3, 0.4) is 0 Å². The molecule has 186 valence electrons. The molecular weight excluding hydrogens is 479 g/mol. The van der Waals surface area contributed by atoms with Gasteiger partial charge in [-0.25, -0.2) is 0 Å². The van der Waals surface area contributed by atoms with Crippen molar-refractivity contribution in [2.45, 2.75) is 62.0 Å². The fourth-order valence-corrected chi connectivity index (χ4v) is 6.38. The zero-order valence-electron chi connectivity index (χ0n) is 19.7. The maximum atomic E-state index is 13.4. The highest BCUT2D eigenvalue weighted by Crippen LogP contribution is 2.68. The number of hydrogen-bond donors (Lipinski definition) is 3. The monoisotopic (exact) mass is 510 g/mol. The average Bonchev–Trinajstić information content (AvgIpc) is 3.13. The standard InChI is InChI=1S/C23H32Cl2N6O3/c1-4-22(20(27)34)12-30(15-9-28-8-7-13(15)22)11-18(32)31-14(5-6-17(31)26)19(33)29-10-16-21(2,3)23(16,24)25/h7-9,14,16-17H,4-6,10-12,26H2,1-3H3,(H2,27,34)(H,29,33)/t14?,16-,17-,22?/m0/s1. The van der Waals surface area contributed by atoms with Gasteiger partial charge in [-0.05, 0) is 30.9 Å². The summed E-state index contributed by atoms with van der Waals surface area (Å²) in [6.07, 6.45) is 4.18. The topological polar surface area (TPSA) is 135 Å². The van der Waals surface area contributed by atoms with Gasteiger partial charge in [-0.3, -0.25) is 19.4 Å². The first-order chi connectivity index (χ1) is 15.9. The van der Waals surface area contributed by atoms with E-state index in [1.54, 1.807) is 23.4 Å². The number of nitrogens with zero attached hydrogens (tertiary/aromatic N) is 3. The van der Waals surface area contributed by atoms with Gasteiger partial charge in [0.15, 0.2) is 0 Å². The Labute approximate surface area is 209 Å². The van der Waals surface area contributed by atoms with Crippen molar-refractivity contribution >= 4 is 46.6 Å². The van der Waals surface area contributed by atoms with Gasteiger partial charge in [-0.15, -0.1) is 23.2 Å². The number of rotatable bonds is 7. The van der Waals surface area contributed by atoms with Crippen molar-refractivity contribution < 1.29 is 14.4 Å². The molecular formula is C23H32Cl2N6O3. The summed E-state index contributed by atoms with van der Waals surface area (Å²) in [7, 11) is 0. The van der Waals surface area contributed by atoms with Crippen LogP contribution in [0.15, 0.2) is 18.5 Å². The zero-order valence-corrected chi connectivity index (χ0v) is 21.2. The first-order valence-electron chi connectivity index (χ1n) is 11.6. The molecule has 3 heterocycles. The third-order valence-corrected chi connectivity index (χ3v) is 9.60. The van der Waals surface area contributed by atoms with E-state index in [4.69, 9.17) is 34.7 Å². The first kappa shape index (κ1) is 25.0.